The maximum atomic E-state index is 12.3. The summed E-state index contributed by atoms with van der Waals surface area (Å²) >= 11 is 0. The summed E-state index contributed by atoms with van der Waals surface area (Å²) in [6, 6.07) is 11.8. The first-order chi connectivity index (χ1) is 13.6. The van der Waals surface area contributed by atoms with E-state index in [0.29, 0.717) is 17.2 Å². The largest absolute Gasteiger partial charge is 0.496 e. The van der Waals surface area contributed by atoms with E-state index in [-0.39, 0.29) is 5.91 Å². The van der Waals surface area contributed by atoms with Crippen LogP contribution in [0.15, 0.2) is 42.5 Å². The number of anilines is 1. The predicted octanol–water partition coefficient (Wildman–Crippen LogP) is 4.65. The van der Waals surface area contributed by atoms with Crippen LogP contribution < -0.4 is 20.1 Å². The number of carbonyl (C=O) groups is 2. The second kappa shape index (κ2) is 9.32. The van der Waals surface area contributed by atoms with Crippen LogP contribution in [0.3, 0.4) is 0 Å². The molecule has 0 radical (unpaired) electrons. The van der Waals surface area contributed by atoms with Gasteiger partial charge < -0.3 is 24.8 Å². The fourth-order valence-electron chi connectivity index (χ4n) is 2.41. The van der Waals surface area contributed by atoms with Crippen LogP contribution in [0.5, 0.6) is 17.2 Å². The standard InChI is InChI=1S/C22H28N2O5/c1-14-7-10-18(13-19(14)27-6)28-17-11-8-16(9-12-17)24-20(25)15(2)23-21(26)29-22(3,4)5/h7-13,15H,1-6H3,(H,23,26)(H,24,25)/t15-/m1/s1. The molecule has 0 saturated heterocycles. The van der Waals surface area contributed by atoms with Crippen LogP contribution in [0.4, 0.5) is 10.5 Å². The van der Waals surface area contributed by atoms with Gasteiger partial charge in [-0.3, -0.25) is 4.79 Å². The number of rotatable bonds is 6. The van der Waals surface area contributed by atoms with Gasteiger partial charge in [0.25, 0.3) is 0 Å². The van der Waals surface area contributed by atoms with Crippen LogP contribution in [0.1, 0.15) is 33.3 Å². The Morgan fingerprint density at radius 3 is 2.21 bits per heavy atom. The molecular weight excluding hydrogens is 372 g/mol. The zero-order chi connectivity index (χ0) is 21.6. The van der Waals surface area contributed by atoms with Gasteiger partial charge in [0.1, 0.15) is 28.9 Å². The lowest BCUT2D eigenvalue weighted by Gasteiger charge is -2.21. The van der Waals surface area contributed by atoms with Crippen molar-refractivity contribution >= 4 is 17.7 Å². The summed E-state index contributed by atoms with van der Waals surface area (Å²) in [5.74, 6) is 1.67. The van der Waals surface area contributed by atoms with Crippen molar-refractivity contribution < 1.29 is 23.8 Å². The fourth-order valence-corrected chi connectivity index (χ4v) is 2.41. The van der Waals surface area contributed by atoms with E-state index in [1.54, 1.807) is 59.1 Å². The molecule has 156 valence electrons. The Morgan fingerprint density at radius 1 is 1.00 bits per heavy atom. The number of aryl methyl sites for hydroxylation is 1. The number of ether oxygens (including phenoxy) is 3. The summed E-state index contributed by atoms with van der Waals surface area (Å²) in [5, 5.41) is 5.25. The molecule has 0 aromatic heterocycles. The third-order valence-corrected chi connectivity index (χ3v) is 3.86. The highest BCUT2D eigenvalue weighted by Gasteiger charge is 2.21. The monoisotopic (exact) mass is 400 g/mol. The zero-order valence-corrected chi connectivity index (χ0v) is 17.7. The van der Waals surface area contributed by atoms with Gasteiger partial charge in [-0.05, 0) is 70.5 Å². The van der Waals surface area contributed by atoms with Gasteiger partial charge in [0.15, 0.2) is 0 Å². The van der Waals surface area contributed by atoms with Crippen LogP contribution in [0.2, 0.25) is 0 Å². The molecule has 2 N–H and O–H groups in total. The van der Waals surface area contributed by atoms with E-state index in [9.17, 15) is 9.59 Å². The number of alkyl carbamates (subject to hydrolysis) is 1. The molecular formula is C22H28N2O5. The van der Waals surface area contributed by atoms with E-state index in [4.69, 9.17) is 14.2 Å². The van der Waals surface area contributed by atoms with Gasteiger partial charge in [0.05, 0.1) is 7.11 Å². The lowest BCUT2D eigenvalue weighted by molar-refractivity contribution is -0.117. The molecule has 2 rings (SSSR count). The molecule has 7 nitrogen and oxygen atoms in total. The highest BCUT2D eigenvalue weighted by atomic mass is 16.6. The van der Waals surface area contributed by atoms with Crippen molar-refractivity contribution in [3.8, 4) is 17.2 Å². The van der Waals surface area contributed by atoms with Gasteiger partial charge in [-0.25, -0.2) is 4.79 Å². The quantitative estimate of drug-likeness (QED) is 0.737. The van der Waals surface area contributed by atoms with Crippen molar-refractivity contribution in [1.82, 2.24) is 5.32 Å². The number of carbonyl (C=O) groups excluding carboxylic acids is 2. The predicted molar refractivity (Wildman–Crippen MR) is 112 cm³/mol. The van der Waals surface area contributed by atoms with Crippen LogP contribution in [0.25, 0.3) is 0 Å². The Hall–Kier alpha value is -3.22. The lowest BCUT2D eigenvalue weighted by atomic mass is 10.2. The van der Waals surface area contributed by atoms with E-state index in [0.717, 1.165) is 11.3 Å². The number of hydrogen-bond acceptors (Lipinski definition) is 5. The van der Waals surface area contributed by atoms with Gasteiger partial charge >= 0.3 is 6.09 Å². The number of nitrogens with one attached hydrogen (secondary N) is 2. The number of benzene rings is 2. The number of methoxy groups -OCH3 is 1. The Balaban J connectivity index is 1.93. The van der Waals surface area contributed by atoms with Crippen molar-refractivity contribution in [3.63, 3.8) is 0 Å². The lowest BCUT2D eigenvalue weighted by Crippen LogP contribution is -2.43. The minimum absolute atomic E-state index is 0.354. The molecule has 2 amide bonds. The summed E-state index contributed by atoms with van der Waals surface area (Å²) < 4.78 is 16.3. The van der Waals surface area contributed by atoms with Gasteiger partial charge in [-0.2, -0.15) is 0 Å². The Bertz CT molecular complexity index is 856. The van der Waals surface area contributed by atoms with Crippen LogP contribution >= 0.6 is 0 Å². The summed E-state index contributed by atoms with van der Waals surface area (Å²) in [6.07, 6.45) is -0.641. The van der Waals surface area contributed by atoms with Gasteiger partial charge in [-0.15, -0.1) is 0 Å². The molecule has 0 spiro atoms. The fraction of sp³-hybridized carbons (Fsp3) is 0.364. The van der Waals surface area contributed by atoms with Crippen molar-refractivity contribution in [1.29, 1.82) is 0 Å². The van der Waals surface area contributed by atoms with E-state index in [1.165, 1.54) is 0 Å². The molecule has 0 fully saturated rings. The average Bonchev–Trinajstić information content (AvgIpc) is 2.63. The first-order valence-corrected chi connectivity index (χ1v) is 9.30. The van der Waals surface area contributed by atoms with Crippen molar-refractivity contribution in [3.05, 3.63) is 48.0 Å². The summed E-state index contributed by atoms with van der Waals surface area (Å²) in [5.41, 5.74) is 0.978. The first kappa shape index (κ1) is 22.1. The minimum atomic E-state index is -0.749. The molecule has 7 heteroatoms. The van der Waals surface area contributed by atoms with Gasteiger partial charge in [0, 0.05) is 11.8 Å². The summed E-state index contributed by atoms with van der Waals surface area (Å²) in [4.78, 5) is 24.0. The van der Waals surface area contributed by atoms with Crippen molar-refractivity contribution in [2.24, 2.45) is 0 Å². The average molecular weight is 400 g/mol. The van der Waals surface area contributed by atoms with Gasteiger partial charge in [0.2, 0.25) is 5.91 Å². The summed E-state index contributed by atoms with van der Waals surface area (Å²) in [7, 11) is 1.61. The second-order valence-corrected chi connectivity index (χ2v) is 7.62. The highest BCUT2D eigenvalue weighted by Crippen LogP contribution is 2.28. The van der Waals surface area contributed by atoms with E-state index >= 15 is 0 Å². The smallest absolute Gasteiger partial charge is 0.408 e. The molecule has 29 heavy (non-hydrogen) atoms. The molecule has 0 aliphatic rings. The molecule has 0 aliphatic heterocycles. The Morgan fingerprint density at radius 2 is 1.62 bits per heavy atom. The minimum Gasteiger partial charge on any atom is -0.496 e. The van der Waals surface area contributed by atoms with Crippen LogP contribution in [0, 0.1) is 6.92 Å². The molecule has 0 bridgehead atoms. The molecule has 1 atom stereocenters. The summed E-state index contributed by atoms with van der Waals surface area (Å²) in [6.45, 7) is 8.81. The molecule has 0 unspecified atom stereocenters. The third-order valence-electron chi connectivity index (χ3n) is 3.86. The first-order valence-electron chi connectivity index (χ1n) is 9.30. The zero-order valence-electron chi connectivity index (χ0n) is 17.7. The Labute approximate surface area is 171 Å². The van der Waals surface area contributed by atoms with Gasteiger partial charge in [-0.1, -0.05) is 6.07 Å². The number of amides is 2. The van der Waals surface area contributed by atoms with E-state index < -0.39 is 17.7 Å². The maximum Gasteiger partial charge on any atom is 0.408 e. The van der Waals surface area contributed by atoms with Crippen LogP contribution in [-0.4, -0.2) is 30.8 Å². The SMILES string of the molecule is COc1cc(Oc2ccc(NC(=O)[C@@H](C)NC(=O)OC(C)(C)C)cc2)ccc1C. The van der Waals surface area contributed by atoms with Crippen LogP contribution in [-0.2, 0) is 9.53 Å². The Kier molecular flexibility index (Phi) is 7.09. The van der Waals surface area contributed by atoms with E-state index in [2.05, 4.69) is 10.6 Å². The molecule has 0 aliphatic carbocycles. The van der Waals surface area contributed by atoms with E-state index in [1.807, 2.05) is 25.1 Å². The second-order valence-electron chi connectivity index (χ2n) is 7.62. The molecule has 0 saturated carbocycles. The molecule has 2 aromatic rings. The van der Waals surface area contributed by atoms with Crippen molar-refractivity contribution in [2.75, 3.05) is 12.4 Å². The third kappa shape index (κ3) is 7.03. The highest BCUT2D eigenvalue weighted by molar-refractivity contribution is 5.96. The van der Waals surface area contributed by atoms with Crippen molar-refractivity contribution in [2.45, 2.75) is 46.3 Å². The normalized spacial score (nSPS) is 11.9. The number of hydrogen-bond donors (Lipinski definition) is 2. The topological polar surface area (TPSA) is 85.9 Å². The maximum absolute atomic E-state index is 12.3. The molecule has 2 aromatic carbocycles. The molecule has 0 heterocycles.